The molecule has 2 heteroatoms. The molecule has 2 heterocycles. The first kappa shape index (κ1) is 15.0. The number of benzene rings is 1. The molecule has 1 nitrogen and oxygen atoms in total. The summed E-state index contributed by atoms with van der Waals surface area (Å²) < 4.78 is 0. The Kier molecular flexibility index (Phi) is 3.53. The molecule has 4 aliphatic rings. The summed E-state index contributed by atoms with van der Waals surface area (Å²) in [6.07, 6.45) is 15.9. The molecule has 0 saturated heterocycles. The highest BCUT2D eigenvalue weighted by atomic mass is 32.2. The van der Waals surface area contributed by atoms with Crippen molar-refractivity contribution < 1.29 is 0 Å². The van der Waals surface area contributed by atoms with Gasteiger partial charge in [-0.25, -0.2) is 0 Å². The molecule has 0 radical (unpaired) electrons. The van der Waals surface area contributed by atoms with Crippen LogP contribution in [0.4, 0.5) is 0 Å². The van der Waals surface area contributed by atoms with E-state index >= 15 is 0 Å². The summed E-state index contributed by atoms with van der Waals surface area (Å²) in [4.78, 5) is 4.09. The summed E-state index contributed by atoms with van der Waals surface area (Å²) in [5.41, 5.74) is 6.31. The van der Waals surface area contributed by atoms with E-state index in [1.54, 1.807) is 27.2 Å². The fraction of sp³-hybridized carbons (Fsp3) is 0.455. The van der Waals surface area contributed by atoms with Gasteiger partial charge in [-0.05, 0) is 55.5 Å². The maximum atomic E-state index is 2.51. The van der Waals surface area contributed by atoms with E-state index in [1.165, 1.54) is 19.3 Å². The van der Waals surface area contributed by atoms with E-state index < -0.39 is 0 Å². The summed E-state index contributed by atoms with van der Waals surface area (Å²) in [6, 6.07) is 5.37. The van der Waals surface area contributed by atoms with Gasteiger partial charge in [-0.15, -0.1) is 11.8 Å². The van der Waals surface area contributed by atoms with Crippen LogP contribution in [0, 0.1) is 5.92 Å². The van der Waals surface area contributed by atoms with Gasteiger partial charge < -0.3 is 0 Å². The smallest absolute Gasteiger partial charge is 0.0334 e. The van der Waals surface area contributed by atoms with E-state index in [0.29, 0.717) is 17.9 Å². The summed E-state index contributed by atoms with van der Waals surface area (Å²) in [5.74, 6) is 1.25. The molecular weight excluding hydrogens is 310 g/mol. The largest absolute Gasteiger partial charge is 0.295 e. The molecular formula is C22H25NS. The minimum atomic E-state index is 0.561. The zero-order chi connectivity index (χ0) is 16.3. The van der Waals surface area contributed by atoms with Crippen molar-refractivity contribution >= 4 is 11.8 Å². The molecule has 0 bridgehead atoms. The summed E-state index contributed by atoms with van der Waals surface area (Å²) >= 11 is 2.17. The topological polar surface area (TPSA) is 3.24 Å². The average Bonchev–Trinajstić information content (AvgIpc) is 3.12. The van der Waals surface area contributed by atoms with Crippen molar-refractivity contribution in [3.63, 3.8) is 0 Å². The van der Waals surface area contributed by atoms with Crippen molar-refractivity contribution in [1.82, 2.24) is 4.90 Å². The maximum Gasteiger partial charge on any atom is 0.0334 e. The van der Waals surface area contributed by atoms with E-state index in [0.717, 1.165) is 11.8 Å². The number of allylic oxidation sites excluding steroid dienone is 6. The highest BCUT2D eigenvalue weighted by molar-refractivity contribution is 8.00. The molecule has 0 aromatic heterocycles. The standard InChI is InChI=1S/C22H25NS/c1-14-21-17(13-23(14)2)9-11-19-18-10-8-16(12-20(18)24-22(19)21)15-6-4-3-5-7-15/h4,6-11,14,16,18,20H,3,5,12-13H2,1-2H3. The lowest BCUT2D eigenvalue weighted by atomic mass is 9.79. The predicted octanol–water partition coefficient (Wildman–Crippen LogP) is 5.60. The van der Waals surface area contributed by atoms with Crippen LogP contribution in [0.5, 0.6) is 0 Å². The lowest BCUT2D eigenvalue weighted by molar-refractivity contribution is 0.285. The second-order valence-corrected chi connectivity index (χ2v) is 8.99. The highest BCUT2D eigenvalue weighted by Gasteiger charge is 2.40. The molecule has 0 spiro atoms. The van der Waals surface area contributed by atoms with Crippen molar-refractivity contribution in [3.8, 4) is 0 Å². The quantitative estimate of drug-likeness (QED) is 0.614. The fourth-order valence-electron chi connectivity index (χ4n) is 4.86. The Morgan fingerprint density at radius 3 is 2.92 bits per heavy atom. The summed E-state index contributed by atoms with van der Waals surface area (Å²) in [5, 5.41) is 0.718. The van der Waals surface area contributed by atoms with Gasteiger partial charge in [-0.2, -0.15) is 0 Å². The zero-order valence-corrected chi connectivity index (χ0v) is 15.4. The van der Waals surface area contributed by atoms with Gasteiger partial charge in [-0.1, -0.05) is 42.5 Å². The van der Waals surface area contributed by atoms with Gasteiger partial charge in [0.2, 0.25) is 0 Å². The van der Waals surface area contributed by atoms with Crippen LogP contribution in [-0.4, -0.2) is 17.2 Å². The Morgan fingerprint density at radius 1 is 1.17 bits per heavy atom. The van der Waals surface area contributed by atoms with E-state index in [4.69, 9.17) is 0 Å². The summed E-state index contributed by atoms with van der Waals surface area (Å²) in [7, 11) is 2.25. The van der Waals surface area contributed by atoms with E-state index in [-0.39, 0.29) is 0 Å². The number of fused-ring (bicyclic) bond motifs is 5. The minimum Gasteiger partial charge on any atom is -0.295 e. The maximum absolute atomic E-state index is 2.51. The lowest BCUT2D eigenvalue weighted by Crippen LogP contribution is -2.19. The molecule has 1 aromatic rings. The number of nitrogens with zero attached hydrogens (tertiary/aromatic N) is 1. The lowest BCUT2D eigenvalue weighted by Gasteiger charge is -2.28. The van der Waals surface area contributed by atoms with Crippen LogP contribution in [0.3, 0.4) is 0 Å². The molecule has 0 amide bonds. The minimum absolute atomic E-state index is 0.561. The molecule has 1 aromatic carbocycles. The van der Waals surface area contributed by atoms with Crippen LogP contribution in [0.1, 0.15) is 54.8 Å². The Bertz CT molecular complexity index is 772. The second kappa shape index (κ2) is 5.64. The highest BCUT2D eigenvalue weighted by Crippen LogP contribution is 2.55. The van der Waals surface area contributed by atoms with E-state index in [2.05, 4.69) is 73.1 Å². The predicted molar refractivity (Wildman–Crippen MR) is 102 cm³/mol. The normalized spacial score (nSPS) is 34.0. The molecule has 124 valence electrons. The van der Waals surface area contributed by atoms with Crippen molar-refractivity contribution in [2.45, 2.75) is 54.8 Å². The van der Waals surface area contributed by atoms with Gasteiger partial charge in [0.25, 0.3) is 0 Å². The number of rotatable bonds is 1. The Hall–Kier alpha value is -1.25. The third kappa shape index (κ3) is 2.19. The van der Waals surface area contributed by atoms with Gasteiger partial charge in [0, 0.05) is 34.6 Å². The van der Waals surface area contributed by atoms with Crippen molar-refractivity contribution in [2.75, 3.05) is 7.05 Å². The van der Waals surface area contributed by atoms with Gasteiger partial charge >= 0.3 is 0 Å². The molecule has 0 saturated carbocycles. The number of hydrogen-bond acceptors (Lipinski definition) is 2. The van der Waals surface area contributed by atoms with Gasteiger partial charge in [0.05, 0.1) is 0 Å². The molecule has 0 fully saturated rings. The first-order valence-electron chi connectivity index (χ1n) is 9.30. The van der Waals surface area contributed by atoms with Crippen LogP contribution < -0.4 is 0 Å². The second-order valence-electron chi connectivity index (χ2n) is 7.74. The van der Waals surface area contributed by atoms with Crippen LogP contribution in [0.2, 0.25) is 0 Å². The van der Waals surface area contributed by atoms with Crippen molar-refractivity contribution in [1.29, 1.82) is 0 Å². The third-order valence-corrected chi connectivity index (χ3v) is 7.81. The van der Waals surface area contributed by atoms with Crippen LogP contribution in [0.15, 0.2) is 53.0 Å². The SMILES string of the molecule is CC1c2c(ccc3c2SC2CC(C4=CCCC=C4)C=CC32)CN1C. The van der Waals surface area contributed by atoms with E-state index in [1.807, 2.05) is 0 Å². The Balaban J connectivity index is 1.47. The van der Waals surface area contributed by atoms with Gasteiger partial charge in [-0.3, -0.25) is 4.90 Å². The third-order valence-electron chi connectivity index (χ3n) is 6.33. The Labute approximate surface area is 149 Å². The molecule has 4 atom stereocenters. The van der Waals surface area contributed by atoms with Gasteiger partial charge in [0.15, 0.2) is 0 Å². The molecule has 24 heavy (non-hydrogen) atoms. The molecule has 4 unspecified atom stereocenters. The number of hydrogen-bond donors (Lipinski definition) is 0. The van der Waals surface area contributed by atoms with Crippen molar-refractivity contribution in [2.24, 2.45) is 5.92 Å². The van der Waals surface area contributed by atoms with Crippen LogP contribution in [0.25, 0.3) is 0 Å². The molecule has 2 aliphatic heterocycles. The van der Waals surface area contributed by atoms with E-state index in [9.17, 15) is 0 Å². The molecule has 5 rings (SSSR count). The molecule has 2 aliphatic carbocycles. The average molecular weight is 336 g/mol. The van der Waals surface area contributed by atoms with Crippen molar-refractivity contribution in [3.05, 3.63) is 64.8 Å². The first-order valence-corrected chi connectivity index (χ1v) is 10.2. The zero-order valence-electron chi connectivity index (χ0n) is 14.5. The monoisotopic (exact) mass is 335 g/mol. The fourth-order valence-corrected chi connectivity index (χ4v) is 6.62. The van der Waals surface area contributed by atoms with Crippen LogP contribution in [-0.2, 0) is 6.54 Å². The summed E-state index contributed by atoms with van der Waals surface area (Å²) in [6.45, 7) is 3.47. The van der Waals surface area contributed by atoms with Crippen LogP contribution >= 0.6 is 11.8 Å². The van der Waals surface area contributed by atoms with Gasteiger partial charge in [0.1, 0.15) is 0 Å². The first-order chi connectivity index (χ1) is 11.7. The Morgan fingerprint density at radius 2 is 2.08 bits per heavy atom. The molecule has 0 N–H and O–H groups in total. The number of thioether (sulfide) groups is 1.